The average Bonchev–Trinajstić information content (AvgIpc) is 2.41. The molecule has 0 heterocycles. The van der Waals surface area contributed by atoms with E-state index in [0.29, 0.717) is 24.5 Å². The Morgan fingerprint density at radius 1 is 1.26 bits per heavy atom. The number of ether oxygens (including phenoxy) is 2. The zero-order valence-electron chi connectivity index (χ0n) is 11.7. The fraction of sp³-hybridized carbons (Fsp3) is 0.533. The Morgan fingerprint density at radius 3 is 2.58 bits per heavy atom. The summed E-state index contributed by atoms with van der Waals surface area (Å²) in [7, 11) is 0. The Kier molecular flexibility index (Phi) is 6.71. The van der Waals surface area contributed by atoms with Crippen molar-refractivity contribution in [3.05, 3.63) is 29.3 Å². The first-order valence-electron chi connectivity index (χ1n) is 6.64. The smallest absolute Gasteiger partial charge is 0.328 e. The van der Waals surface area contributed by atoms with Crippen LogP contribution in [-0.2, 0) is 9.53 Å². The van der Waals surface area contributed by atoms with Gasteiger partial charge in [-0.1, -0.05) is 26.0 Å². The summed E-state index contributed by atoms with van der Waals surface area (Å²) in [6, 6.07) is 5.63. The van der Waals surface area contributed by atoms with Crippen LogP contribution < -0.4 is 4.74 Å². The second-order valence-corrected chi connectivity index (χ2v) is 4.86. The third-order valence-electron chi connectivity index (χ3n) is 2.56. The molecule has 1 rings (SSSR count). The van der Waals surface area contributed by atoms with Gasteiger partial charge in [0.05, 0.1) is 13.2 Å². The summed E-state index contributed by atoms with van der Waals surface area (Å²) in [5.74, 6) is 0.240. The van der Waals surface area contributed by atoms with Crippen LogP contribution in [0.15, 0.2) is 18.2 Å². The fourth-order valence-corrected chi connectivity index (χ4v) is 1.83. The number of benzene rings is 1. The number of hydrogen-bond donors (Lipinski definition) is 0. The number of carbonyl (C=O) groups is 1. The Hall–Kier alpha value is -1.22. The first-order chi connectivity index (χ1) is 9.10. The van der Waals surface area contributed by atoms with Crippen molar-refractivity contribution in [2.24, 2.45) is 0 Å². The highest BCUT2D eigenvalue weighted by molar-refractivity contribution is 6.30. The molecule has 0 saturated heterocycles. The summed E-state index contributed by atoms with van der Waals surface area (Å²) in [5, 5.41) is -0.820. The molecule has 1 unspecified atom stereocenters. The van der Waals surface area contributed by atoms with Crippen molar-refractivity contribution in [2.75, 3.05) is 13.2 Å². The van der Waals surface area contributed by atoms with Crippen LogP contribution in [0.25, 0.3) is 0 Å². The Morgan fingerprint density at radius 2 is 1.95 bits per heavy atom. The minimum absolute atomic E-state index is 0.388. The van der Waals surface area contributed by atoms with E-state index in [-0.39, 0.29) is 0 Å². The SMILES string of the molecule is CCCOC(=O)C(Cl)c1ccc(C)cc1OCCC. The third-order valence-corrected chi connectivity index (χ3v) is 2.97. The second kappa shape index (κ2) is 8.05. The van der Waals surface area contributed by atoms with Crippen LogP contribution in [0.5, 0.6) is 5.75 Å². The molecule has 0 bridgehead atoms. The van der Waals surface area contributed by atoms with Crippen molar-refractivity contribution in [3.8, 4) is 5.75 Å². The lowest BCUT2D eigenvalue weighted by Gasteiger charge is -2.15. The Bertz CT molecular complexity index is 418. The molecule has 0 N–H and O–H groups in total. The maximum Gasteiger partial charge on any atom is 0.328 e. The number of hydrogen-bond acceptors (Lipinski definition) is 3. The lowest BCUT2D eigenvalue weighted by Crippen LogP contribution is -2.13. The average molecular weight is 285 g/mol. The minimum Gasteiger partial charge on any atom is -0.493 e. The number of halogens is 1. The standard InChI is InChI=1S/C15H21ClO3/c1-4-8-18-13-10-11(3)6-7-12(13)14(16)15(17)19-9-5-2/h6-7,10,14H,4-5,8-9H2,1-3H3. The van der Waals surface area contributed by atoms with Crippen molar-refractivity contribution >= 4 is 17.6 Å². The predicted octanol–water partition coefficient (Wildman–Crippen LogP) is 4.02. The minimum atomic E-state index is -0.820. The van der Waals surface area contributed by atoms with Gasteiger partial charge in [0.15, 0.2) is 5.38 Å². The molecule has 0 aromatic heterocycles. The van der Waals surface area contributed by atoms with Crippen LogP contribution in [0, 0.1) is 6.92 Å². The first kappa shape index (κ1) is 15.8. The zero-order valence-corrected chi connectivity index (χ0v) is 12.5. The van der Waals surface area contributed by atoms with Crippen LogP contribution >= 0.6 is 11.6 Å². The number of rotatable bonds is 7. The van der Waals surface area contributed by atoms with Crippen molar-refractivity contribution in [2.45, 2.75) is 39.0 Å². The van der Waals surface area contributed by atoms with Gasteiger partial charge in [0.25, 0.3) is 0 Å². The van der Waals surface area contributed by atoms with E-state index in [1.54, 1.807) is 0 Å². The molecule has 0 aliphatic rings. The predicted molar refractivity (Wildman–Crippen MR) is 76.8 cm³/mol. The highest BCUT2D eigenvalue weighted by atomic mass is 35.5. The molecule has 0 spiro atoms. The van der Waals surface area contributed by atoms with Gasteiger partial charge >= 0.3 is 5.97 Å². The molecule has 1 aromatic rings. The molecule has 0 saturated carbocycles. The van der Waals surface area contributed by atoms with Gasteiger partial charge in [0.2, 0.25) is 0 Å². The van der Waals surface area contributed by atoms with E-state index in [9.17, 15) is 4.79 Å². The molecule has 0 amide bonds. The number of alkyl halides is 1. The summed E-state index contributed by atoms with van der Waals surface area (Å²) < 4.78 is 10.7. The van der Waals surface area contributed by atoms with Crippen LogP contribution in [0.2, 0.25) is 0 Å². The lowest BCUT2D eigenvalue weighted by molar-refractivity contribution is -0.143. The van der Waals surface area contributed by atoms with E-state index >= 15 is 0 Å². The van der Waals surface area contributed by atoms with Crippen molar-refractivity contribution in [3.63, 3.8) is 0 Å². The summed E-state index contributed by atoms with van der Waals surface area (Å²) >= 11 is 6.17. The molecule has 0 radical (unpaired) electrons. The molecule has 1 atom stereocenters. The number of esters is 1. The molecular weight excluding hydrogens is 264 g/mol. The zero-order chi connectivity index (χ0) is 14.3. The molecule has 0 aliphatic heterocycles. The molecule has 4 heteroatoms. The van der Waals surface area contributed by atoms with E-state index in [2.05, 4.69) is 0 Å². The summed E-state index contributed by atoms with van der Waals surface area (Å²) in [4.78, 5) is 11.8. The van der Waals surface area contributed by atoms with E-state index < -0.39 is 11.3 Å². The number of carbonyl (C=O) groups excluding carboxylic acids is 1. The van der Waals surface area contributed by atoms with E-state index in [4.69, 9.17) is 21.1 Å². The molecule has 1 aromatic carbocycles. The summed E-state index contributed by atoms with van der Waals surface area (Å²) in [6.45, 7) is 6.94. The van der Waals surface area contributed by atoms with Gasteiger partial charge in [-0.25, -0.2) is 0 Å². The molecule has 106 valence electrons. The monoisotopic (exact) mass is 284 g/mol. The fourth-order valence-electron chi connectivity index (χ4n) is 1.59. The van der Waals surface area contributed by atoms with Gasteiger partial charge in [-0.3, -0.25) is 4.79 Å². The number of aryl methyl sites for hydroxylation is 1. The molecular formula is C15H21ClO3. The van der Waals surface area contributed by atoms with Crippen LogP contribution in [-0.4, -0.2) is 19.2 Å². The summed E-state index contributed by atoms with van der Waals surface area (Å²) in [6.07, 6.45) is 1.68. The topological polar surface area (TPSA) is 35.5 Å². The largest absolute Gasteiger partial charge is 0.493 e. The Balaban J connectivity index is 2.87. The molecule has 19 heavy (non-hydrogen) atoms. The van der Waals surface area contributed by atoms with Gasteiger partial charge in [-0.2, -0.15) is 0 Å². The van der Waals surface area contributed by atoms with Gasteiger partial charge in [0, 0.05) is 5.56 Å². The van der Waals surface area contributed by atoms with Gasteiger partial charge in [-0.05, 0) is 31.4 Å². The maximum atomic E-state index is 11.8. The second-order valence-electron chi connectivity index (χ2n) is 4.42. The normalized spacial score (nSPS) is 12.0. The molecule has 0 fully saturated rings. The summed E-state index contributed by atoms with van der Waals surface area (Å²) in [5.41, 5.74) is 1.74. The van der Waals surface area contributed by atoms with Crippen LogP contribution in [0.4, 0.5) is 0 Å². The van der Waals surface area contributed by atoms with E-state index in [0.717, 1.165) is 18.4 Å². The van der Waals surface area contributed by atoms with E-state index in [1.165, 1.54) is 0 Å². The molecule has 0 aliphatic carbocycles. The Labute approximate surface area is 119 Å². The van der Waals surface area contributed by atoms with Crippen molar-refractivity contribution in [1.82, 2.24) is 0 Å². The van der Waals surface area contributed by atoms with Gasteiger partial charge in [-0.15, -0.1) is 11.6 Å². The van der Waals surface area contributed by atoms with Crippen molar-refractivity contribution in [1.29, 1.82) is 0 Å². The maximum absolute atomic E-state index is 11.8. The highest BCUT2D eigenvalue weighted by Crippen LogP contribution is 2.31. The van der Waals surface area contributed by atoms with Crippen LogP contribution in [0.1, 0.15) is 43.2 Å². The third kappa shape index (κ3) is 4.75. The van der Waals surface area contributed by atoms with Gasteiger partial charge < -0.3 is 9.47 Å². The van der Waals surface area contributed by atoms with Crippen LogP contribution in [0.3, 0.4) is 0 Å². The lowest BCUT2D eigenvalue weighted by atomic mass is 10.1. The van der Waals surface area contributed by atoms with Gasteiger partial charge in [0.1, 0.15) is 5.75 Å². The van der Waals surface area contributed by atoms with Crippen molar-refractivity contribution < 1.29 is 14.3 Å². The van der Waals surface area contributed by atoms with E-state index in [1.807, 2.05) is 39.0 Å². The first-order valence-corrected chi connectivity index (χ1v) is 7.07. The highest BCUT2D eigenvalue weighted by Gasteiger charge is 2.23. The quantitative estimate of drug-likeness (QED) is 0.560. The molecule has 3 nitrogen and oxygen atoms in total.